The Hall–Kier alpha value is -1.10. The van der Waals surface area contributed by atoms with Crippen molar-refractivity contribution >= 4 is 0 Å². The smallest absolute Gasteiger partial charge is 0.327 e. The van der Waals surface area contributed by atoms with E-state index in [1.54, 1.807) is 6.20 Å². The van der Waals surface area contributed by atoms with Gasteiger partial charge in [0.25, 0.3) is 0 Å². The molecule has 2 nitrogen and oxygen atoms in total. The van der Waals surface area contributed by atoms with Crippen LogP contribution in [0.1, 0.15) is 44.2 Å². The van der Waals surface area contributed by atoms with Crippen LogP contribution < -0.4 is 5.73 Å². The van der Waals surface area contributed by atoms with Crippen LogP contribution in [-0.4, -0.2) is 17.2 Å². The van der Waals surface area contributed by atoms with Gasteiger partial charge in [-0.3, -0.25) is 4.98 Å². The van der Waals surface area contributed by atoms with Crippen molar-refractivity contribution < 1.29 is 13.2 Å². The predicted molar refractivity (Wildman–Crippen MR) is 72.1 cm³/mol. The van der Waals surface area contributed by atoms with Crippen LogP contribution >= 0.6 is 0 Å². The number of alkyl halides is 3. The van der Waals surface area contributed by atoms with Crippen LogP contribution in [0.4, 0.5) is 13.2 Å². The van der Waals surface area contributed by atoms with E-state index in [2.05, 4.69) is 4.98 Å². The van der Waals surface area contributed by atoms with Crippen LogP contribution in [0.3, 0.4) is 0 Å². The molecule has 0 spiro atoms. The molecule has 1 fully saturated rings. The van der Waals surface area contributed by atoms with Crippen molar-refractivity contribution in [3.8, 4) is 0 Å². The average Bonchev–Trinajstić information content (AvgIpc) is 2.46. The zero-order valence-electron chi connectivity index (χ0n) is 11.6. The average molecular weight is 286 g/mol. The summed E-state index contributed by atoms with van der Waals surface area (Å²) in [4.78, 5) is 4.29. The van der Waals surface area contributed by atoms with Crippen molar-refractivity contribution in [1.29, 1.82) is 0 Å². The van der Waals surface area contributed by atoms with Crippen molar-refractivity contribution in [1.82, 2.24) is 4.98 Å². The van der Waals surface area contributed by atoms with Gasteiger partial charge in [0.15, 0.2) is 0 Å². The van der Waals surface area contributed by atoms with Crippen LogP contribution in [0, 0.1) is 11.8 Å². The summed E-state index contributed by atoms with van der Waals surface area (Å²) in [6, 6.07) is 5.55. The van der Waals surface area contributed by atoms with Crippen LogP contribution in [-0.2, 0) is 0 Å². The number of nitrogens with zero attached hydrogens (tertiary/aromatic N) is 1. The Balaban J connectivity index is 1.93. The molecule has 5 heteroatoms. The number of nitrogens with two attached hydrogens (primary N) is 1. The summed E-state index contributed by atoms with van der Waals surface area (Å²) in [6.45, 7) is 2.00. The Morgan fingerprint density at radius 2 is 1.85 bits per heavy atom. The van der Waals surface area contributed by atoms with Crippen LogP contribution in [0.5, 0.6) is 0 Å². The van der Waals surface area contributed by atoms with Gasteiger partial charge in [-0.05, 0) is 43.7 Å². The molecule has 1 aliphatic carbocycles. The Labute approximate surface area is 117 Å². The third-order valence-electron chi connectivity index (χ3n) is 4.51. The summed E-state index contributed by atoms with van der Waals surface area (Å²) in [5, 5.41) is 0. The maximum absolute atomic E-state index is 12.7. The standard InChI is InChI=1S/C15H21F3N2/c1-10(13-4-2-3-9-20-13)14(19)11-5-7-12(8-6-11)15(16,17)18/h2-4,9-12,14H,5-8,19H2,1H3. The molecule has 0 amide bonds. The van der Waals surface area contributed by atoms with Gasteiger partial charge < -0.3 is 5.73 Å². The van der Waals surface area contributed by atoms with Gasteiger partial charge in [0.05, 0.1) is 5.92 Å². The Kier molecular flexibility index (Phi) is 4.68. The SMILES string of the molecule is CC(c1ccccn1)C(N)C1CCC(C(F)(F)F)CC1. The first-order chi connectivity index (χ1) is 9.39. The lowest BCUT2D eigenvalue weighted by molar-refractivity contribution is -0.184. The second-order valence-corrected chi connectivity index (χ2v) is 5.77. The van der Waals surface area contributed by atoms with Crippen LogP contribution in [0.15, 0.2) is 24.4 Å². The Morgan fingerprint density at radius 3 is 2.35 bits per heavy atom. The molecule has 112 valence electrons. The summed E-state index contributed by atoms with van der Waals surface area (Å²) in [5.74, 6) is -0.912. The van der Waals surface area contributed by atoms with Gasteiger partial charge in [-0.1, -0.05) is 13.0 Å². The Bertz CT molecular complexity index is 411. The van der Waals surface area contributed by atoms with Gasteiger partial charge in [-0.2, -0.15) is 13.2 Å². The Morgan fingerprint density at radius 1 is 1.20 bits per heavy atom. The maximum Gasteiger partial charge on any atom is 0.391 e. The first kappa shape index (κ1) is 15.3. The molecule has 0 saturated heterocycles. The molecule has 2 rings (SSSR count). The molecule has 0 aromatic carbocycles. The molecule has 1 aromatic rings. The molecule has 2 N–H and O–H groups in total. The van der Waals surface area contributed by atoms with E-state index in [9.17, 15) is 13.2 Å². The minimum Gasteiger partial charge on any atom is -0.327 e. The molecule has 2 atom stereocenters. The number of hydrogen-bond donors (Lipinski definition) is 1. The van der Waals surface area contributed by atoms with Gasteiger partial charge in [0.2, 0.25) is 0 Å². The van der Waals surface area contributed by atoms with Crippen molar-refractivity contribution in [2.24, 2.45) is 17.6 Å². The quantitative estimate of drug-likeness (QED) is 0.915. The van der Waals surface area contributed by atoms with E-state index in [4.69, 9.17) is 5.73 Å². The number of rotatable bonds is 3. The predicted octanol–water partition coefficient (Wildman–Crippen LogP) is 3.88. The molecule has 1 saturated carbocycles. The number of aromatic nitrogens is 1. The fourth-order valence-corrected chi connectivity index (χ4v) is 3.08. The molecule has 1 aromatic heterocycles. The molecule has 0 bridgehead atoms. The number of pyridine rings is 1. The van der Waals surface area contributed by atoms with Crippen LogP contribution in [0.2, 0.25) is 0 Å². The van der Waals surface area contributed by atoms with Crippen molar-refractivity contribution in [3.05, 3.63) is 30.1 Å². The highest BCUT2D eigenvalue weighted by Gasteiger charge is 2.42. The van der Waals surface area contributed by atoms with Gasteiger partial charge in [0.1, 0.15) is 0 Å². The minimum absolute atomic E-state index is 0.0728. The molecule has 2 unspecified atom stereocenters. The van der Waals surface area contributed by atoms with Gasteiger partial charge in [0, 0.05) is 23.9 Å². The lowest BCUT2D eigenvalue weighted by atomic mass is 9.75. The highest BCUT2D eigenvalue weighted by atomic mass is 19.4. The summed E-state index contributed by atoms with van der Waals surface area (Å²) in [7, 11) is 0. The third kappa shape index (κ3) is 3.51. The van der Waals surface area contributed by atoms with Gasteiger partial charge >= 0.3 is 6.18 Å². The molecule has 1 heterocycles. The summed E-state index contributed by atoms with van der Waals surface area (Å²) in [6.07, 6.45) is -0.806. The van der Waals surface area contributed by atoms with Crippen molar-refractivity contribution in [2.75, 3.05) is 0 Å². The molecule has 1 aliphatic rings. The van der Waals surface area contributed by atoms with E-state index in [1.807, 2.05) is 25.1 Å². The lowest BCUT2D eigenvalue weighted by Crippen LogP contribution is -2.39. The second-order valence-electron chi connectivity index (χ2n) is 5.77. The van der Waals surface area contributed by atoms with Gasteiger partial charge in [-0.15, -0.1) is 0 Å². The summed E-state index contributed by atoms with van der Waals surface area (Å²) < 4.78 is 38.0. The molecule has 0 radical (unpaired) electrons. The highest BCUT2D eigenvalue weighted by molar-refractivity contribution is 5.11. The fourth-order valence-electron chi connectivity index (χ4n) is 3.08. The van der Waals surface area contributed by atoms with E-state index in [0.717, 1.165) is 5.69 Å². The van der Waals surface area contributed by atoms with E-state index in [0.29, 0.717) is 12.8 Å². The van der Waals surface area contributed by atoms with Crippen molar-refractivity contribution in [3.63, 3.8) is 0 Å². The number of halogens is 3. The topological polar surface area (TPSA) is 38.9 Å². The van der Waals surface area contributed by atoms with E-state index in [1.165, 1.54) is 0 Å². The summed E-state index contributed by atoms with van der Waals surface area (Å²) >= 11 is 0. The summed E-state index contributed by atoms with van der Waals surface area (Å²) in [5.41, 5.74) is 7.17. The normalized spacial score (nSPS) is 27.1. The lowest BCUT2D eigenvalue weighted by Gasteiger charge is -2.35. The van der Waals surface area contributed by atoms with Crippen molar-refractivity contribution in [2.45, 2.75) is 50.7 Å². The molecular weight excluding hydrogens is 265 g/mol. The zero-order valence-corrected chi connectivity index (χ0v) is 11.6. The first-order valence-electron chi connectivity index (χ1n) is 7.13. The van der Waals surface area contributed by atoms with Crippen LogP contribution in [0.25, 0.3) is 0 Å². The maximum atomic E-state index is 12.7. The molecular formula is C15H21F3N2. The monoisotopic (exact) mass is 286 g/mol. The fraction of sp³-hybridized carbons (Fsp3) is 0.667. The third-order valence-corrected chi connectivity index (χ3v) is 4.51. The van der Waals surface area contributed by atoms with E-state index in [-0.39, 0.29) is 30.7 Å². The zero-order chi connectivity index (χ0) is 14.8. The van der Waals surface area contributed by atoms with E-state index < -0.39 is 12.1 Å². The first-order valence-corrected chi connectivity index (χ1v) is 7.13. The molecule has 20 heavy (non-hydrogen) atoms. The number of hydrogen-bond acceptors (Lipinski definition) is 2. The van der Waals surface area contributed by atoms with Gasteiger partial charge in [-0.25, -0.2) is 0 Å². The largest absolute Gasteiger partial charge is 0.391 e. The molecule has 0 aliphatic heterocycles. The highest BCUT2D eigenvalue weighted by Crippen LogP contribution is 2.41. The minimum atomic E-state index is -4.05. The second kappa shape index (κ2) is 6.12. The van der Waals surface area contributed by atoms with E-state index >= 15 is 0 Å².